The van der Waals surface area contributed by atoms with Crippen LogP contribution in [0.5, 0.6) is 0 Å². The molecule has 0 saturated carbocycles. The summed E-state index contributed by atoms with van der Waals surface area (Å²) in [6.07, 6.45) is 2.33. The summed E-state index contributed by atoms with van der Waals surface area (Å²) >= 11 is 6.25. The van der Waals surface area contributed by atoms with E-state index in [0.717, 1.165) is 36.1 Å². The molecule has 2 atom stereocenters. The van der Waals surface area contributed by atoms with Crippen molar-refractivity contribution in [1.29, 1.82) is 0 Å². The van der Waals surface area contributed by atoms with Crippen LogP contribution in [0.1, 0.15) is 40.4 Å². The summed E-state index contributed by atoms with van der Waals surface area (Å²) in [5, 5.41) is 7.59. The summed E-state index contributed by atoms with van der Waals surface area (Å²) in [5.74, 6) is 0.793. The number of primary amides is 1. The van der Waals surface area contributed by atoms with Gasteiger partial charge in [0.15, 0.2) is 5.96 Å². The second-order valence-electron chi connectivity index (χ2n) is 7.75. The molecule has 0 aromatic heterocycles. The number of aliphatic imine (C=N–C) groups is 1. The summed E-state index contributed by atoms with van der Waals surface area (Å²) in [7, 11) is 3.95. The van der Waals surface area contributed by atoms with Crippen LogP contribution in [0.15, 0.2) is 53.5 Å². The van der Waals surface area contributed by atoms with Gasteiger partial charge in [0.25, 0.3) is 0 Å². The maximum atomic E-state index is 11.2. The van der Waals surface area contributed by atoms with E-state index in [1.807, 2.05) is 24.3 Å². The van der Waals surface area contributed by atoms with Crippen LogP contribution in [0.4, 0.5) is 0 Å². The van der Waals surface area contributed by atoms with E-state index in [4.69, 9.17) is 17.3 Å². The van der Waals surface area contributed by atoms with Gasteiger partial charge in [0.05, 0.1) is 0 Å². The Morgan fingerprint density at radius 2 is 1.97 bits per heavy atom. The number of hydrogen-bond donors (Lipinski definition) is 3. The van der Waals surface area contributed by atoms with Gasteiger partial charge in [-0.15, -0.1) is 24.0 Å². The standard InChI is InChI=1S/C23H30ClN5O.HI/c1-26-23(27-14-16-8-10-17(11-9-16)22(25)30)28-15-19-6-4-12-29(2)21(19)18-5-3-7-20(24)13-18;/h3,5,7-11,13,19,21H,4,6,12,14-15H2,1-2H3,(H2,25,30)(H2,26,27,28);1H. The van der Waals surface area contributed by atoms with E-state index in [1.54, 1.807) is 19.2 Å². The lowest BCUT2D eigenvalue weighted by Crippen LogP contribution is -2.44. The van der Waals surface area contributed by atoms with Crippen molar-refractivity contribution in [1.82, 2.24) is 15.5 Å². The van der Waals surface area contributed by atoms with E-state index >= 15 is 0 Å². The Balaban J connectivity index is 0.00000341. The monoisotopic (exact) mass is 555 g/mol. The zero-order chi connectivity index (χ0) is 21.5. The number of carbonyl (C=O) groups is 1. The van der Waals surface area contributed by atoms with Crippen LogP contribution in [0.25, 0.3) is 0 Å². The molecule has 31 heavy (non-hydrogen) atoms. The first-order valence-electron chi connectivity index (χ1n) is 10.3. The lowest BCUT2D eigenvalue weighted by molar-refractivity contribution is 0.100. The first kappa shape index (κ1) is 25.4. The van der Waals surface area contributed by atoms with Crippen molar-refractivity contribution in [2.45, 2.75) is 25.4 Å². The number of piperidine rings is 1. The van der Waals surface area contributed by atoms with Crippen LogP contribution >= 0.6 is 35.6 Å². The molecule has 1 saturated heterocycles. The summed E-state index contributed by atoms with van der Waals surface area (Å²) in [6.45, 7) is 2.52. The van der Waals surface area contributed by atoms with Gasteiger partial charge in [0.1, 0.15) is 0 Å². The largest absolute Gasteiger partial charge is 0.366 e. The van der Waals surface area contributed by atoms with Gasteiger partial charge in [-0.05, 0) is 67.7 Å². The molecule has 0 spiro atoms. The number of amides is 1. The Morgan fingerprint density at radius 1 is 1.23 bits per heavy atom. The SMILES string of the molecule is CN=C(NCc1ccc(C(N)=O)cc1)NCC1CCCN(C)C1c1cccc(Cl)c1.I. The van der Waals surface area contributed by atoms with Crippen molar-refractivity contribution >= 4 is 47.4 Å². The summed E-state index contributed by atoms with van der Waals surface area (Å²) in [4.78, 5) is 18.0. The zero-order valence-electron chi connectivity index (χ0n) is 18.0. The smallest absolute Gasteiger partial charge is 0.248 e. The molecule has 8 heteroatoms. The molecule has 1 aliphatic rings. The highest BCUT2D eigenvalue weighted by Crippen LogP contribution is 2.35. The molecule has 2 aromatic carbocycles. The average Bonchev–Trinajstić information content (AvgIpc) is 2.74. The Bertz CT molecular complexity index is 890. The van der Waals surface area contributed by atoms with E-state index in [-0.39, 0.29) is 24.0 Å². The van der Waals surface area contributed by atoms with Gasteiger partial charge >= 0.3 is 0 Å². The van der Waals surface area contributed by atoms with Crippen LogP contribution in [0.2, 0.25) is 5.02 Å². The van der Waals surface area contributed by atoms with Crippen LogP contribution in [-0.2, 0) is 6.54 Å². The molecule has 0 bridgehead atoms. The van der Waals surface area contributed by atoms with Crippen molar-refractivity contribution in [2.75, 3.05) is 27.2 Å². The maximum absolute atomic E-state index is 11.2. The van der Waals surface area contributed by atoms with Gasteiger partial charge in [-0.2, -0.15) is 0 Å². The predicted octanol–water partition coefficient (Wildman–Crippen LogP) is 3.81. The quantitative estimate of drug-likeness (QED) is 0.288. The van der Waals surface area contributed by atoms with E-state index in [2.05, 4.69) is 39.7 Å². The van der Waals surface area contributed by atoms with Gasteiger partial charge in [-0.1, -0.05) is 35.9 Å². The molecule has 4 N–H and O–H groups in total. The first-order valence-corrected chi connectivity index (χ1v) is 10.6. The van der Waals surface area contributed by atoms with Crippen molar-refractivity contribution in [3.05, 3.63) is 70.2 Å². The highest BCUT2D eigenvalue weighted by atomic mass is 127. The summed E-state index contributed by atoms with van der Waals surface area (Å²) < 4.78 is 0. The minimum atomic E-state index is -0.418. The molecule has 1 aliphatic heterocycles. The van der Waals surface area contributed by atoms with Crippen LogP contribution < -0.4 is 16.4 Å². The summed E-state index contributed by atoms with van der Waals surface area (Å²) in [6, 6.07) is 15.8. The van der Waals surface area contributed by atoms with Gasteiger partial charge in [-0.25, -0.2) is 0 Å². The molecule has 1 amide bonds. The number of guanidine groups is 1. The third-order valence-corrected chi connectivity index (χ3v) is 5.89. The van der Waals surface area contributed by atoms with E-state index in [1.165, 1.54) is 12.0 Å². The topological polar surface area (TPSA) is 82.7 Å². The third kappa shape index (κ3) is 7.08. The fourth-order valence-corrected chi connectivity index (χ4v) is 4.31. The predicted molar refractivity (Wildman–Crippen MR) is 138 cm³/mol. The fraction of sp³-hybridized carbons (Fsp3) is 0.391. The van der Waals surface area contributed by atoms with Crippen molar-refractivity contribution in [3.8, 4) is 0 Å². The second-order valence-corrected chi connectivity index (χ2v) is 8.19. The number of likely N-dealkylation sites (tertiary alicyclic amines) is 1. The molecule has 1 fully saturated rings. The number of nitrogens with two attached hydrogens (primary N) is 1. The molecule has 2 unspecified atom stereocenters. The minimum absolute atomic E-state index is 0. The molecule has 6 nitrogen and oxygen atoms in total. The molecule has 1 heterocycles. The third-order valence-electron chi connectivity index (χ3n) is 5.65. The normalized spacial score (nSPS) is 19.4. The van der Waals surface area contributed by atoms with Gasteiger partial charge in [-0.3, -0.25) is 14.7 Å². The van der Waals surface area contributed by atoms with E-state index < -0.39 is 5.91 Å². The number of hydrogen-bond acceptors (Lipinski definition) is 3. The molecule has 0 radical (unpaired) electrons. The van der Waals surface area contributed by atoms with Crippen LogP contribution in [0.3, 0.4) is 0 Å². The van der Waals surface area contributed by atoms with E-state index in [0.29, 0.717) is 24.1 Å². The van der Waals surface area contributed by atoms with Gasteiger partial charge in [0.2, 0.25) is 5.91 Å². The maximum Gasteiger partial charge on any atom is 0.248 e. The lowest BCUT2D eigenvalue weighted by Gasteiger charge is -2.40. The molecular formula is C23H31ClIN5O. The number of nitrogens with zero attached hydrogens (tertiary/aromatic N) is 2. The zero-order valence-corrected chi connectivity index (χ0v) is 21.1. The number of benzene rings is 2. The molecular weight excluding hydrogens is 525 g/mol. The second kappa shape index (κ2) is 12.3. The number of rotatable bonds is 6. The number of halogens is 2. The average molecular weight is 556 g/mol. The molecule has 0 aliphatic carbocycles. The Labute approximate surface area is 206 Å². The van der Waals surface area contributed by atoms with E-state index in [9.17, 15) is 4.79 Å². The van der Waals surface area contributed by atoms with Crippen LogP contribution in [-0.4, -0.2) is 44.0 Å². The summed E-state index contributed by atoms with van der Waals surface area (Å²) in [5.41, 5.74) is 8.11. The fourth-order valence-electron chi connectivity index (χ4n) is 4.11. The number of carbonyl (C=O) groups excluding carboxylic acids is 1. The lowest BCUT2D eigenvalue weighted by atomic mass is 9.85. The molecule has 3 rings (SSSR count). The van der Waals surface area contributed by atoms with Crippen molar-refractivity contribution in [3.63, 3.8) is 0 Å². The van der Waals surface area contributed by atoms with Gasteiger partial charge in [0, 0.05) is 36.8 Å². The molecule has 168 valence electrons. The first-order chi connectivity index (χ1) is 14.5. The van der Waals surface area contributed by atoms with Gasteiger partial charge < -0.3 is 16.4 Å². The minimum Gasteiger partial charge on any atom is -0.366 e. The van der Waals surface area contributed by atoms with Crippen molar-refractivity contribution < 1.29 is 4.79 Å². The Kier molecular flexibility index (Phi) is 10.1. The Hall–Kier alpha value is -1.84. The van der Waals surface area contributed by atoms with Crippen LogP contribution in [0, 0.1) is 5.92 Å². The molecule has 2 aromatic rings. The highest BCUT2D eigenvalue weighted by molar-refractivity contribution is 14.0. The number of nitrogens with one attached hydrogen (secondary N) is 2. The van der Waals surface area contributed by atoms with Crippen molar-refractivity contribution in [2.24, 2.45) is 16.6 Å². The highest BCUT2D eigenvalue weighted by Gasteiger charge is 2.30. The Morgan fingerprint density at radius 3 is 2.61 bits per heavy atom.